The van der Waals surface area contributed by atoms with E-state index in [1.165, 1.54) is 6.07 Å². The van der Waals surface area contributed by atoms with E-state index in [-0.39, 0.29) is 6.04 Å². The highest BCUT2D eigenvalue weighted by Crippen LogP contribution is 2.32. The highest BCUT2D eigenvalue weighted by Gasteiger charge is 2.18. The number of hydrogen-bond donors (Lipinski definition) is 1. The summed E-state index contributed by atoms with van der Waals surface area (Å²) in [6.07, 6.45) is 0. The smallest absolute Gasteiger partial charge is 0.159 e. The first-order valence-electron chi connectivity index (χ1n) is 6.02. The lowest BCUT2D eigenvalue weighted by Crippen LogP contribution is -2.18. The summed E-state index contributed by atoms with van der Waals surface area (Å²) in [7, 11) is 3.27. The maximum atomic E-state index is 13.4. The fraction of sp³-hybridized carbons (Fsp3) is 0.200. The molecule has 0 fully saturated rings. The fourth-order valence-electron chi connectivity index (χ4n) is 2.12. The molecule has 1 atom stereocenters. The summed E-state index contributed by atoms with van der Waals surface area (Å²) in [5.74, 6) is -1.14. The molecule has 0 heterocycles. The first-order chi connectivity index (χ1) is 9.56. The first kappa shape index (κ1) is 14.8. The molecule has 106 valence electrons. The normalized spacial score (nSPS) is 12.2. The molecule has 0 bridgehead atoms. The molecule has 0 spiro atoms. The Morgan fingerprint density at radius 1 is 1.10 bits per heavy atom. The van der Waals surface area contributed by atoms with E-state index >= 15 is 0 Å². The highest BCUT2D eigenvalue weighted by atomic mass is 35.5. The van der Waals surface area contributed by atoms with Gasteiger partial charge in [-0.15, -0.1) is 0 Å². The summed E-state index contributed by atoms with van der Waals surface area (Å²) < 4.78 is 31.7. The van der Waals surface area contributed by atoms with Gasteiger partial charge in [0.25, 0.3) is 0 Å². The lowest BCUT2D eigenvalue weighted by atomic mass is 9.98. The maximum Gasteiger partial charge on any atom is 0.159 e. The quantitative estimate of drug-likeness (QED) is 0.923. The van der Waals surface area contributed by atoms with Crippen LogP contribution in [0.25, 0.3) is 0 Å². The van der Waals surface area contributed by atoms with Crippen LogP contribution < -0.4 is 10.1 Å². The van der Waals surface area contributed by atoms with Gasteiger partial charge >= 0.3 is 0 Å². The minimum atomic E-state index is -0.885. The second kappa shape index (κ2) is 6.20. The molecular weight excluding hydrogens is 284 g/mol. The van der Waals surface area contributed by atoms with Crippen molar-refractivity contribution in [2.75, 3.05) is 14.2 Å². The van der Waals surface area contributed by atoms with Gasteiger partial charge in [0.05, 0.1) is 13.2 Å². The molecule has 0 aliphatic carbocycles. The van der Waals surface area contributed by atoms with Gasteiger partial charge in [-0.2, -0.15) is 0 Å². The molecular formula is C15H14ClF2NO. The summed E-state index contributed by atoms with van der Waals surface area (Å²) in [4.78, 5) is 0. The van der Waals surface area contributed by atoms with Crippen LogP contribution in [-0.2, 0) is 0 Å². The molecule has 2 aromatic carbocycles. The predicted molar refractivity (Wildman–Crippen MR) is 75.3 cm³/mol. The Hall–Kier alpha value is -1.65. The van der Waals surface area contributed by atoms with Crippen molar-refractivity contribution >= 4 is 11.6 Å². The summed E-state index contributed by atoms with van der Waals surface area (Å²) in [6, 6.07) is 8.63. The average Bonchev–Trinajstić information content (AvgIpc) is 2.44. The molecule has 0 radical (unpaired) electrons. The van der Waals surface area contributed by atoms with Crippen LogP contribution in [0.3, 0.4) is 0 Å². The SMILES string of the molecule is CNC(c1ccc(F)c(F)c1)c1cc(Cl)ccc1OC. The van der Waals surface area contributed by atoms with Crippen LogP contribution in [0, 0.1) is 11.6 Å². The van der Waals surface area contributed by atoms with Crippen molar-refractivity contribution in [2.45, 2.75) is 6.04 Å². The minimum Gasteiger partial charge on any atom is -0.496 e. The number of nitrogens with one attached hydrogen (secondary N) is 1. The standard InChI is InChI=1S/C15H14ClF2NO/c1-19-15(9-3-5-12(17)13(18)7-9)11-8-10(16)4-6-14(11)20-2/h3-8,15,19H,1-2H3. The van der Waals surface area contributed by atoms with Crippen molar-refractivity contribution < 1.29 is 13.5 Å². The van der Waals surface area contributed by atoms with Crippen molar-refractivity contribution in [2.24, 2.45) is 0 Å². The Balaban J connectivity index is 2.51. The Bertz CT molecular complexity index is 619. The molecule has 0 aromatic heterocycles. The maximum absolute atomic E-state index is 13.4. The van der Waals surface area contributed by atoms with Gasteiger partial charge in [-0.3, -0.25) is 0 Å². The Labute approximate surface area is 121 Å². The zero-order valence-corrected chi connectivity index (χ0v) is 11.8. The van der Waals surface area contributed by atoms with Crippen LogP contribution in [0.5, 0.6) is 5.75 Å². The lowest BCUT2D eigenvalue weighted by molar-refractivity contribution is 0.405. The molecule has 1 unspecified atom stereocenters. The van der Waals surface area contributed by atoms with Crippen LogP contribution in [-0.4, -0.2) is 14.2 Å². The molecule has 0 aliphatic rings. The third kappa shape index (κ3) is 2.92. The zero-order valence-electron chi connectivity index (χ0n) is 11.1. The predicted octanol–water partition coefficient (Wildman–Crippen LogP) is 3.94. The van der Waals surface area contributed by atoms with Crippen LogP contribution in [0.4, 0.5) is 8.78 Å². The molecule has 0 aliphatic heterocycles. The van der Waals surface area contributed by atoms with Crippen LogP contribution in [0.15, 0.2) is 36.4 Å². The van der Waals surface area contributed by atoms with E-state index < -0.39 is 11.6 Å². The Morgan fingerprint density at radius 2 is 1.85 bits per heavy atom. The lowest BCUT2D eigenvalue weighted by Gasteiger charge is -2.20. The molecule has 1 N–H and O–H groups in total. The highest BCUT2D eigenvalue weighted by molar-refractivity contribution is 6.30. The molecule has 2 aromatic rings. The van der Waals surface area contributed by atoms with E-state index in [1.807, 2.05) is 0 Å². The molecule has 5 heteroatoms. The fourth-order valence-corrected chi connectivity index (χ4v) is 2.31. The summed E-state index contributed by atoms with van der Waals surface area (Å²) in [5, 5.41) is 3.60. The third-order valence-electron chi connectivity index (χ3n) is 3.07. The van der Waals surface area contributed by atoms with Gasteiger partial charge in [0.2, 0.25) is 0 Å². The molecule has 0 saturated heterocycles. The summed E-state index contributed by atoms with van der Waals surface area (Å²) >= 11 is 6.00. The largest absolute Gasteiger partial charge is 0.496 e. The molecule has 2 rings (SSSR count). The van der Waals surface area contributed by atoms with Gasteiger partial charge in [-0.05, 0) is 42.9 Å². The topological polar surface area (TPSA) is 21.3 Å². The van der Waals surface area contributed by atoms with E-state index in [0.29, 0.717) is 16.3 Å². The minimum absolute atomic E-state index is 0.348. The van der Waals surface area contributed by atoms with E-state index in [9.17, 15) is 8.78 Å². The Morgan fingerprint density at radius 3 is 2.45 bits per heavy atom. The van der Waals surface area contributed by atoms with Crippen molar-refractivity contribution in [3.63, 3.8) is 0 Å². The van der Waals surface area contributed by atoms with Crippen molar-refractivity contribution in [1.82, 2.24) is 5.32 Å². The monoisotopic (exact) mass is 297 g/mol. The van der Waals surface area contributed by atoms with Crippen molar-refractivity contribution in [1.29, 1.82) is 0 Å². The molecule has 0 amide bonds. The van der Waals surface area contributed by atoms with Crippen molar-refractivity contribution in [3.05, 3.63) is 64.2 Å². The number of benzene rings is 2. The number of ether oxygens (including phenoxy) is 1. The van der Waals surface area contributed by atoms with Crippen molar-refractivity contribution in [3.8, 4) is 5.75 Å². The van der Waals surface area contributed by atoms with E-state index in [2.05, 4.69) is 5.32 Å². The van der Waals surface area contributed by atoms with Crippen LogP contribution >= 0.6 is 11.6 Å². The van der Waals surface area contributed by atoms with Gasteiger partial charge < -0.3 is 10.1 Å². The van der Waals surface area contributed by atoms with Gasteiger partial charge in [-0.25, -0.2) is 8.78 Å². The Kier molecular flexibility index (Phi) is 4.57. The summed E-state index contributed by atoms with van der Waals surface area (Å²) in [5.41, 5.74) is 1.35. The van der Waals surface area contributed by atoms with Gasteiger partial charge in [0.15, 0.2) is 11.6 Å². The summed E-state index contributed by atoms with van der Waals surface area (Å²) in [6.45, 7) is 0. The molecule has 20 heavy (non-hydrogen) atoms. The van der Waals surface area contributed by atoms with E-state index in [0.717, 1.165) is 17.7 Å². The van der Waals surface area contributed by atoms with E-state index in [4.69, 9.17) is 16.3 Å². The van der Waals surface area contributed by atoms with Gasteiger partial charge in [0, 0.05) is 10.6 Å². The van der Waals surface area contributed by atoms with Crippen LogP contribution in [0.1, 0.15) is 17.2 Å². The second-order valence-electron chi connectivity index (χ2n) is 4.28. The third-order valence-corrected chi connectivity index (χ3v) is 3.30. The van der Waals surface area contributed by atoms with E-state index in [1.54, 1.807) is 32.4 Å². The average molecular weight is 298 g/mol. The van der Waals surface area contributed by atoms with Crippen LogP contribution in [0.2, 0.25) is 5.02 Å². The van der Waals surface area contributed by atoms with Gasteiger partial charge in [0.1, 0.15) is 5.75 Å². The molecule has 2 nitrogen and oxygen atoms in total. The number of methoxy groups -OCH3 is 1. The zero-order chi connectivity index (χ0) is 14.7. The van der Waals surface area contributed by atoms with Gasteiger partial charge in [-0.1, -0.05) is 17.7 Å². The number of halogens is 3. The number of rotatable bonds is 4. The molecule has 0 saturated carbocycles. The second-order valence-corrected chi connectivity index (χ2v) is 4.72. The first-order valence-corrected chi connectivity index (χ1v) is 6.40. The number of hydrogen-bond acceptors (Lipinski definition) is 2.